The Bertz CT molecular complexity index is 1300. The first-order chi connectivity index (χ1) is 18.1. The monoisotopic (exact) mass is 523 g/mol. The largest absolute Gasteiger partial charge is 0.490 e. The maximum atomic E-state index is 13.3. The van der Waals surface area contributed by atoms with Crippen LogP contribution in [0.1, 0.15) is 39.2 Å². The van der Waals surface area contributed by atoms with E-state index in [1.165, 1.54) is 25.1 Å². The number of hydrogen-bond donors (Lipinski definition) is 2. The van der Waals surface area contributed by atoms with Crippen molar-refractivity contribution in [3.05, 3.63) is 86.7 Å². The number of rotatable bonds is 10. The normalized spacial score (nSPS) is 14.9. The number of esters is 2. The molecule has 1 aliphatic heterocycles. The number of nitro benzene ring substituents is 1. The van der Waals surface area contributed by atoms with E-state index >= 15 is 0 Å². The molecule has 0 spiro atoms. The first-order valence-corrected chi connectivity index (χ1v) is 11.9. The lowest BCUT2D eigenvalue weighted by Gasteiger charge is -2.30. The molecule has 0 radical (unpaired) electrons. The van der Waals surface area contributed by atoms with E-state index in [2.05, 4.69) is 10.6 Å². The average molecular weight is 524 g/mol. The SMILES string of the molecule is CCOC(=O)C1=C(C)NC(C)=C(C(=O)OCCOc2ccc(NC(C)=O)cc2)C1c1cccc([N+](=O)[O-])c1. The van der Waals surface area contributed by atoms with E-state index in [4.69, 9.17) is 14.2 Å². The lowest BCUT2D eigenvalue weighted by molar-refractivity contribution is -0.384. The fourth-order valence-corrected chi connectivity index (χ4v) is 4.10. The van der Waals surface area contributed by atoms with Crippen LogP contribution in [0, 0.1) is 10.1 Å². The van der Waals surface area contributed by atoms with E-state index in [0.29, 0.717) is 28.4 Å². The van der Waals surface area contributed by atoms with Gasteiger partial charge in [0.2, 0.25) is 5.91 Å². The number of ether oxygens (including phenoxy) is 3. The summed E-state index contributed by atoms with van der Waals surface area (Å²) >= 11 is 0. The predicted octanol–water partition coefficient (Wildman–Crippen LogP) is 3.97. The highest BCUT2D eigenvalue weighted by molar-refractivity contribution is 6.00. The predicted molar refractivity (Wildman–Crippen MR) is 138 cm³/mol. The molecule has 2 N–H and O–H groups in total. The number of hydrogen-bond acceptors (Lipinski definition) is 9. The second-order valence-electron chi connectivity index (χ2n) is 8.40. The van der Waals surface area contributed by atoms with Crippen LogP contribution in [0.15, 0.2) is 71.1 Å². The summed E-state index contributed by atoms with van der Waals surface area (Å²) in [4.78, 5) is 48.2. The molecule has 11 nitrogen and oxygen atoms in total. The topological polar surface area (TPSA) is 146 Å². The van der Waals surface area contributed by atoms with Crippen molar-refractivity contribution >= 4 is 29.2 Å². The minimum absolute atomic E-state index is 0.0477. The van der Waals surface area contributed by atoms with Crippen LogP contribution in [-0.4, -0.2) is 42.6 Å². The van der Waals surface area contributed by atoms with Crippen molar-refractivity contribution in [2.75, 3.05) is 25.1 Å². The molecule has 1 atom stereocenters. The van der Waals surface area contributed by atoms with E-state index in [9.17, 15) is 24.5 Å². The summed E-state index contributed by atoms with van der Waals surface area (Å²) in [5, 5.41) is 17.1. The van der Waals surface area contributed by atoms with Gasteiger partial charge in [0.1, 0.15) is 19.0 Å². The third-order valence-electron chi connectivity index (χ3n) is 5.65. The highest BCUT2D eigenvalue weighted by Crippen LogP contribution is 2.40. The number of non-ortho nitro benzene ring substituents is 1. The standard InChI is InChI=1S/C27H29N3O8/c1-5-36-26(32)23-16(2)28-17(3)24(25(23)19-7-6-8-21(15-19)30(34)35)27(33)38-14-13-37-22-11-9-20(10-12-22)29-18(4)31/h6-12,15,25,28H,5,13-14H2,1-4H3,(H,29,31). The molecule has 0 saturated carbocycles. The van der Waals surface area contributed by atoms with Crippen LogP contribution in [0.25, 0.3) is 0 Å². The molecule has 2 aromatic rings. The van der Waals surface area contributed by atoms with Crippen molar-refractivity contribution < 1.29 is 33.5 Å². The number of anilines is 1. The Morgan fingerprint density at radius 2 is 1.61 bits per heavy atom. The van der Waals surface area contributed by atoms with Gasteiger partial charge in [-0.15, -0.1) is 0 Å². The Balaban J connectivity index is 1.80. The molecule has 200 valence electrons. The Hall–Kier alpha value is -4.67. The van der Waals surface area contributed by atoms with Gasteiger partial charge in [0.25, 0.3) is 5.69 Å². The molecule has 0 bridgehead atoms. The number of allylic oxidation sites excluding steroid dienone is 2. The third kappa shape index (κ3) is 6.75. The van der Waals surface area contributed by atoms with Crippen LogP contribution in [-0.2, 0) is 23.9 Å². The number of carbonyl (C=O) groups excluding carboxylic acids is 3. The Kier molecular flexibility index (Phi) is 9.20. The van der Waals surface area contributed by atoms with Crippen molar-refractivity contribution in [3.8, 4) is 5.75 Å². The second kappa shape index (κ2) is 12.5. The van der Waals surface area contributed by atoms with E-state index < -0.39 is 22.8 Å². The minimum Gasteiger partial charge on any atom is -0.490 e. The summed E-state index contributed by atoms with van der Waals surface area (Å²) < 4.78 is 16.3. The summed E-state index contributed by atoms with van der Waals surface area (Å²) in [7, 11) is 0. The lowest BCUT2D eigenvalue weighted by atomic mass is 9.80. The first-order valence-electron chi connectivity index (χ1n) is 11.9. The average Bonchev–Trinajstić information content (AvgIpc) is 2.86. The zero-order valence-corrected chi connectivity index (χ0v) is 21.5. The molecule has 0 fully saturated rings. The number of nitrogens with zero attached hydrogens (tertiary/aromatic N) is 1. The molecule has 1 amide bonds. The second-order valence-corrected chi connectivity index (χ2v) is 8.40. The van der Waals surface area contributed by atoms with Gasteiger partial charge in [-0.05, 0) is 50.6 Å². The van der Waals surface area contributed by atoms with Crippen molar-refractivity contribution in [3.63, 3.8) is 0 Å². The number of nitrogens with one attached hydrogen (secondary N) is 2. The molecule has 38 heavy (non-hydrogen) atoms. The quantitative estimate of drug-likeness (QED) is 0.204. The molecule has 1 heterocycles. The van der Waals surface area contributed by atoms with Crippen molar-refractivity contribution in [1.29, 1.82) is 0 Å². The third-order valence-corrected chi connectivity index (χ3v) is 5.65. The first kappa shape index (κ1) is 27.9. The van der Waals surface area contributed by atoms with E-state index in [0.717, 1.165) is 0 Å². The highest BCUT2D eigenvalue weighted by atomic mass is 16.6. The maximum absolute atomic E-state index is 13.3. The van der Waals surface area contributed by atoms with Gasteiger partial charge in [-0.3, -0.25) is 14.9 Å². The molecular formula is C27H29N3O8. The molecule has 2 aromatic carbocycles. The van der Waals surface area contributed by atoms with Crippen molar-refractivity contribution in [2.45, 2.75) is 33.6 Å². The number of amides is 1. The number of benzene rings is 2. The van der Waals surface area contributed by atoms with Gasteiger partial charge in [-0.25, -0.2) is 9.59 Å². The molecule has 11 heteroatoms. The van der Waals surface area contributed by atoms with Gasteiger partial charge in [-0.2, -0.15) is 0 Å². The molecule has 1 aliphatic rings. The Morgan fingerprint density at radius 1 is 0.974 bits per heavy atom. The summed E-state index contributed by atoms with van der Waals surface area (Å²) in [5.41, 5.74) is 2.05. The fourth-order valence-electron chi connectivity index (χ4n) is 4.10. The van der Waals surface area contributed by atoms with E-state index in [1.54, 1.807) is 51.1 Å². The van der Waals surface area contributed by atoms with Crippen LogP contribution in [0.2, 0.25) is 0 Å². The van der Waals surface area contributed by atoms with Gasteiger partial charge in [-0.1, -0.05) is 12.1 Å². The van der Waals surface area contributed by atoms with Crippen LogP contribution in [0.3, 0.4) is 0 Å². The van der Waals surface area contributed by atoms with E-state index in [-0.39, 0.29) is 42.6 Å². The van der Waals surface area contributed by atoms with Crippen LogP contribution in [0.4, 0.5) is 11.4 Å². The zero-order chi connectivity index (χ0) is 27.8. The smallest absolute Gasteiger partial charge is 0.336 e. The summed E-state index contributed by atoms with van der Waals surface area (Å²) in [5.74, 6) is -1.96. The van der Waals surface area contributed by atoms with Crippen LogP contribution < -0.4 is 15.4 Å². The molecule has 0 saturated heterocycles. The highest BCUT2D eigenvalue weighted by Gasteiger charge is 2.38. The summed E-state index contributed by atoms with van der Waals surface area (Å²) in [6.07, 6.45) is 0. The summed E-state index contributed by atoms with van der Waals surface area (Å²) in [6.45, 7) is 6.48. The van der Waals surface area contributed by atoms with Crippen molar-refractivity contribution in [1.82, 2.24) is 5.32 Å². The number of dihydropyridines is 1. The number of carbonyl (C=O) groups is 3. The Morgan fingerprint density at radius 3 is 2.18 bits per heavy atom. The van der Waals surface area contributed by atoms with Crippen molar-refractivity contribution in [2.24, 2.45) is 0 Å². The van der Waals surface area contributed by atoms with E-state index in [1.807, 2.05) is 0 Å². The number of nitro groups is 1. The molecule has 3 rings (SSSR count). The summed E-state index contributed by atoms with van der Waals surface area (Å²) in [6, 6.07) is 12.5. The molecule has 1 unspecified atom stereocenters. The van der Waals surface area contributed by atoms with Crippen LogP contribution in [0.5, 0.6) is 5.75 Å². The molecule has 0 aliphatic carbocycles. The van der Waals surface area contributed by atoms with Gasteiger partial charge >= 0.3 is 11.9 Å². The zero-order valence-electron chi connectivity index (χ0n) is 21.5. The maximum Gasteiger partial charge on any atom is 0.336 e. The molecule has 0 aromatic heterocycles. The van der Waals surface area contributed by atoms with Gasteiger partial charge in [0, 0.05) is 36.1 Å². The van der Waals surface area contributed by atoms with Gasteiger partial charge in [0.15, 0.2) is 0 Å². The lowest BCUT2D eigenvalue weighted by Crippen LogP contribution is -2.33. The fraction of sp³-hybridized carbons (Fsp3) is 0.296. The van der Waals surface area contributed by atoms with Gasteiger partial charge in [0.05, 0.1) is 28.6 Å². The van der Waals surface area contributed by atoms with Gasteiger partial charge < -0.3 is 24.8 Å². The Labute approximate surface area is 219 Å². The minimum atomic E-state index is -0.940. The van der Waals surface area contributed by atoms with Crippen LogP contribution >= 0.6 is 0 Å². The molecular weight excluding hydrogens is 494 g/mol.